The van der Waals surface area contributed by atoms with Crippen molar-refractivity contribution in [2.75, 3.05) is 19.6 Å². The molecule has 7 heteroatoms. The number of hydrogen-bond acceptors (Lipinski definition) is 4. The van der Waals surface area contributed by atoms with Gasteiger partial charge in [-0.1, -0.05) is 0 Å². The molecular weight excluding hydrogens is 280 g/mol. The molecule has 1 unspecified atom stereocenters. The highest BCUT2D eigenvalue weighted by atomic mass is 32.2. The third kappa shape index (κ3) is 2.99. The third-order valence-corrected chi connectivity index (χ3v) is 6.70. The van der Waals surface area contributed by atoms with Gasteiger partial charge in [0.15, 0.2) is 0 Å². The molecule has 0 aliphatic carbocycles. The first-order chi connectivity index (χ1) is 9.34. The Morgan fingerprint density at radius 3 is 2.25 bits per heavy atom. The van der Waals surface area contributed by atoms with Crippen LogP contribution in [0.1, 0.15) is 39.5 Å². The van der Waals surface area contributed by atoms with Gasteiger partial charge in [0.25, 0.3) is 0 Å². The van der Waals surface area contributed by atoms with Crippen LogP contribution in [0.3, 0.4) is 0 Å². The van der Waals surface area contributed by atoms with Crippen LogP contribution in [-0.2, 0) is 14.8 Å². The minimum absolute atomic E-state index is 0.206. The molecule has 0 aromatic rings. The number of piperidine rings is 1. The maximum atomic E-state index is 12.1. The van der Waals surface area contributed by atoms with Crippen LogP contribution in [0.2, 0.25) is 0 Å². The van der Waals surface area contributed by atoms with Crippen molar-refractivity contribution in [3.8, 4) is 0 Å². The summed E-state index contributed by atoms with van der Waals surface area (Å²) in [5.41, 5.74) is 0. The minimum Gasteiger partial charge on any atom is -0.480 e. The van der Waals surface area contributed by atoms with E-state index in [1.807, 2.05) is 0 Å². The molecule has 2 rings (SSSR count). The van der Waals surface area contributed by atoms with Crippen LogP contribution in [0.15, 0.2) is 0 Å². The average Bonchev–Trinajstić information content (AvgIpc) is 2.88. The van der Waals surface area contributed by atoms with E-state index in [9.17, 15) is 18.3 Å². The lowest BCUT2D eigenvalue weighted by atomic mass is 10.0. The fourth-order valence-electron chi connectivity index (χ4n) is 3.22. The van der Waals surface area contributed by atoms with E-state index in [-0.39, 0.29) is 12.1 Å². The Hall–Kier alpha value is -0.660. The Morgan fingerprint density at radius 1 is 1.15 bits per heavy atom. The molecule has 2 fully saturated rings. The van der Waals surface area contributed by atoms with Gasteiger partial charge in [0.2, 0.25) is 10.0 Å². The summed E-state index contributed by atoms with van der Waals surface area (Å²) in [6.45, 7) is 5.23. The second kappa shape index (κ2) is 5.99. The Morgan fingerprint density at radius 2 is 1.75 bits per heavy atom. The first kappa shape index (κ1) is 15.7. The quantitative estimate of drug-likeness (QED) is 0.829. The van der Waals surface area contributed by atoms with Gasteiger partial charge in [-0.25, -0.2) is 12.7 Å². The van der Waals surface area contributed by atoms with Crippen LogP contribution in [-0.4, -0.2) is 65.7 Å². The number of hydrogen-bond donors (Lipinski definition) is 1. The summed E-state index contributed by atoms with van der Waals surface area (Å²) >= 11 is 0. The summed E-state index contributed by atoms with van der Waals surface area (Å²) in [7, 11) is -3.18. The highest BCUT2D eigenvalue weighted by Crippen LogP contribution is 2.27. The smallest absolute Gasteiger partial charge is 0.320 e. The van der Waals surface area contributed by atoms with Crippen molar-refractivity contribution in [1.29, 1.82) is 0 Å². The number of aliphatic carboxylic acids is 1. The van der Waals surface area contributed by atoms with Gasteiger partial charge < -0.3 is 5.11 Å². The largest absolute Gasteiger partial charge is 0.480 e. The zero-order valence-electron chi connectivity index (χ0n) is 12.2. The Kier molecular flexibility index (Phi) is 4.71. The van der Waals surface area contributed by atoms with E-state index in [0.29, 0.717) is 19.5 Å². The number of carboxylic acid groups (broad SMARTS) is 1. The van der Waals surface area contributed by atoms with Crippen molar-refractivity contribution in [3.63, 3.8) is 0 Å². The molecule has 20 heavy (non-hydrogen) atoms. The topological polar surface area (TPSA) is 77.9 Å². The second-order valence-electron chi connectivity index (χ2n) is 5.96. The Bertz CT molecular complexity index is 455. The zero-order chi connectivity index (χ0) is 14.9. The maximum Gasteiger partial charge on any atom is 0.320 e. The van der Waals surface area contributed by atoms with E-state index >= 15 is 0 Å². The molecule has 6 nitrogen and oxygen atoms in total. The fourth-order valence-corrected chi connectivity index (χ4v) is 4.53. The standard InChI is InChI=1S/C13H24N2O4S/c1-10(2)20(18,19)14-8-5-11(6-9-14)15-7-3-4-12(15)13(16)17/h10-12H,3-9H2,1-2H3,(H,16,17). The van der Waals surface area contributed by atoms with E-state index in [1.54, 1.807) is 18.2 Å². The normalized spacial score (nSPS) is 27.2. The molecule has 0 bridgehead atoms. The first-order valence-corrected chi connectivity index (χ1v) is 8.82. The van der Waals surface area contributed by atoms with E-state index in [1.165, 1.54) is 0 Å². The number of sulfonamides is 1. The number of carboxylic acids is 1. The number of nitrogens with zero attached hydrogens (tertiary/aromatic N) is 2. The van der Waals surface area contributed by atoms with Crippen molar-refractivity contribution in [1.82, 2.24) is 9.21 Å². The van der Waals surface area contributed by atoms with Crippen molar-refractivity contribution in [2.24, 2.45) is 0 Å². The van der Waals surface area contributed by atoms with Crippen LogP contribution < -0.4 is 0 Å². The monoisotopic (exact) mass is 304 g/mol. The summed E-state index contributed by atoms with van der Waals surface area (Å²) in [5, 5.41) is 8.83. The summed E-state index contributed by atoms with van der Waals surface area (Å²) in [4.78, 5) is 13.3. The highest BCUT2D eigenvalue weighted by molar-refractivity contribution is 7.89. The first-order valence-electron chi connectivity index (χ1n) is 7.31. The van der Waals surface area contributed by atoms with Gasteiger partial charge in [-0.05, 0) is 46.1 Å². The van der Waals surface area contributed by atoms with Gasteiger partial charge in [-0.3, -0.25) is 9.69 Å². The van der Waals surface area contributed by atoms with Gasteiger partial charge in [0.05, 0.1) is 5.25 Å². The Labute approximate surface area is 120 Å². The van der Waals surface area contributed by atoms with Gasteiger partial charge >= 0.3 is 5.97 Å². The minimum atomic E-state index is -3.18. The maximum absolute atomic E-state index is 12.1. The lowest BCUT2D eigenvalue weighted by molar-refractivity contribution is -0.143. The van der Waals surface area contributed by atoms with E-state index in [0.717, 1.165) is 25.8 Å². The summed E-state index contributed by atoms with van der Waals surface area (Å²) < 4.78 is 25.8. The third-order valence-electron chi connectivity index (χ3n) is 4.43. The molecule has 0 radical (unpaired) electrons. The van der Waals surface area contributed by atoms with Crippen molar-refractivity contribution < 1.29 is 18.3 Å². The van der Waals surface area contributed by atoms with Gasteiger partial charge in [0, 0.05) is 19.1 Å². The lowest BCUT2D eigenvalue weighted by Crippen LogP contribution is -2.50. The molecule has 2 aliphatic heterocycles. The molecule has 0 saturated carbocycles. The van der Waals surface area contributed by atoms with Crippen LogP contribution in [0.4, 0.5) is 0 Å². The highest BCUT2D eigenvalue weighted by Gasteiger charge is 2.38. The van der Waals surface area contributed by atoms with Gasteiger partial charge in [-0.2, -0.15) is 0 Å². The summed E-state index contributed by atoms with van der Waals surface area (Å²) in [5.74, 6) is -0.750. The van der Waals surface area contributed by atoms with Crippen LogP contribution in [0.25, 0.3) is 0 Å². The van der Waals surface area contributed by atoms with Crippen LogP contribution in [0, 0.1) is 0 Å². The lowest BCUT2D eigenvalue weighted by Gasteiger charge is -2.38. The average molecular weight is 304 g/mol. The predicted molar refractivity (Wildman–Crippen MR) is 76.0 cm³/mol. The summed E-state index contributed by atoms with van der Waals surface area (Å²) in [6, 6.07) is -0.175. The van der Waals surface area contributed by atoms with Gasteiger partial charge in [-0.15, -0.1) is 0 Å². The van der Waals surface area contributed by atoms with Gasteiger partial charge in [0.1, 0.15) is 6.04 Å². The molecule has 2 aliphatic rings. The molecule has 2 saturated heterocycles. The van der Waals surface area contributed by atoms with Crippen molar-refractivity contribution in [3.05, 3.63) is 0 Å². The van der Waals surface area contributed by atoms with E-state index < -0.39 is 21.2 Å². The van der Waals surface area contributed by atoms with E-state index in [4.69, 9.17) is 0 Å². The number of likely N-dealkylation sites (tertiary alicyclic amines) is 1. The van der Waals surface area contributed by atoms with Crippen molar-refractivity contribution >= 4 is 16.0 Å². The molecule has 0 spiro atoms. The number of carbonyl (C=O) groups is 1. The Balaban J connectivity index is 1.96. The molecule has 0 aromatic heterocycles. The van der Waals surface area contributed by atoms with Crippen LogP contribution in [0.5, 0.6) is 0 Å². The fraction of sp³-hybridized carbons (Fsp3) is 0.923. The van der Waals surface area contributed by atoms with E-state index in [2.05, 4.69) is 4.90 Å². The molecule has 1 N–H and O–H groups in total. The molecule has 0 aromatic carbocycles. The van der Waals surface area contributed by atoms with Crippen molar-refractivity contribution in [2.45, 2.75) is 56.9 Å². The molecule has 2 heterocycles. The molecule has 1 atom stereocenters. The van der Waals surface area contributed by atoms with Crippen LogP contribution >= 0.6 is 0 Å². The second-order valence-corrected chi connectivity index (χ2v) is 8.45. The predicted octanol–water partition coefficient (Wildman–Crippen LogP) is 0.738. The zero-order valence-corrected chi connectivity index (χ0v) is 13.0. The SMILES string of the molecule is CC(C)S(=O)(=O)N1CCC(N2CCCC2C(=O)O)CC1. The molecule has 116 valence electrons. The number of rotatable bonds is 4. The molecular formula is C13H24N2O4S. The summed E-state index contributed by atoms with van der Waals surface area (Å²) in [6.07, 6.45) is 3.09. The molecule has 0 amide bonds.